The van der Waals surface area contributed by atoms with Crippen LogP contribution in [-0.4, -0.2) is 36.9 Å². The van der Waals surface area contributed by atoms with Gasteiger partial charge in [-0.25, -0.2) is 4.79 Å². The number of esters is 1. The number of aromatic amines is 1. The van der Waals surface area contributed by atoms with Crippen molar-refractivity contribution in [2.45, 2.75) is 52.1 Å². The number of nitriles is 1. The van der Waals surface area contributed by atoms with E-state index in [0.29, 0.717) is 29.7 Å². The van der Waals surface area contributed by atoms with E-state index in [1.165, 1.54) is 0 Å². The van der Waals surface area contributed by atoms with Gasteiger partial charge in [0.25, 0.3) is 5.56 Å². The van der Waals surface area contributed by atoms with Crippen LogP contribution < -0.4 is 11.0 Å². The van der Waals surface area contributed by atoms with Crippen molar-refractivity contribution in [1.29, 1.82) is 5.26 Å². The van der Waals surface area contributed by atoms with Crippen molar-refractivity contribution in [3.63, 3.8) is 0 Å². The Hall–Kier alpha value is -3.93. The molecule has 0 spiro atoms. The molecule has 0 saturated carbocycles. The number of hydrogen-bond acceptors (Lipinski definition) is 6. The third kappa shape index (κ3) is 6.94. The Morgan fingerprint density at radius 1 is 1.03 bits per heavy atom. The maximum absolute atomic E-state index is 12.2. The van der Waals surface area contributed by atoms with Crippen LogP contribution in [0.3, 0.4) is 0 Å². The van der Waals surface area contributed by atoms with E-state index in [2.05, 4.69) is 24.9 Å². The molecule has 7 nitrogen and oxygen atoms in total. The predicted molar refractivity (Wildman–Crippen MR) is 154 cm³/mol. The van der Waals surface area contributed by atoms with E-state index >= 15 is 0 Å². The highest BCUT2D eigenvalue weighted by Gasteiger charge is 2.34. The summed E-state index contributed by atoms with van der Waals surface area (Å²) in [6, 6.07) is 22.1. The molecule has 3 aromatic carbocycles. The molecule has 8 heteroatoms. The SMILES string of the molecule is CCOC(=O)c1ccccc1B1OCCCCCC(C)(C)O1.N#Cc1ccc2[nH]c(=O)c3ccccc3c2c1. The number of carbonyl (C=O) groups is 1. The molecule has 0 amide bonds. The first-order valence-corrected chi connectivity index (χ1v) is 13.3. The molecule has 0 unspecified atom stereocenters. The minimum absolute atomic E-state index is 0.0993. The number of rotatable bonds is 3. The summed E-state index contributed by atoms with van der Waals surface area (Å²) in [4.78, 5) is 26.8. The number of carbonyl (C=O) groups excluding carboxylic acids is 1. The number of fused-ring (bicyclic) bond motifs is 3. The maximum Gasteiger partial charge on any atom is 0.495 e. The molecule has 1 saturated heterocycles. The second-order valence-corrected chi connectivity index (χ2v) is 10.1. The molecule has 0 radical (unpaired) electrons. The van der Waals surface area contributed by atoms with Gasteiger partial charge in [0.2, 0.25) is 0 Å². The Morgan fingerprint density at radius 2 is 1.77 bits per heavy atom. The lowest BCUT2D eigenvalue weighted by molar-refractivity contribution is 0.0521. The van der Waals surface area contributed by atoms with Crippen molar-refractivity contribution in [1.82, 2.24) is 4.98 Å². The molecule has 0 bridgehead atoms. The molecule has 5 rings (SSSR count). The molecular weight excluding hydrogens is 491 g/mol. The normalized spacial score (nSPS) is 15.3. The Bertz CT molecular complexity index is 1560. The quantitative estimate of drug-likeness (QED) is 0.216. The molecule has 1 aliphatic rings. The van der Waals surface area contributed by atoms with Gasteiger partial charge in [-0.2, -0.15) is 5.26 Å². The lowest BCUT2D eigenvalue weighted by atomic mass is 9.74. The summed E-state index contributed by atoms with van der Waals surface area (Å²) >= 11 is 0. The largest absolute Gasteiger partial charge is 0.495 e. The van der Waals surface area contributed by atoms with Crippen LogP contribution in [0.2, 0.25) is 0 Å². The summed E-state index contributed by atoms with van der Waals surface area (Å²) in [5.41, 5.74) is 2.23. The number of aromatic nitrogens is 1. The van der Waals surface area contributed by atoms with E-state index in [1.807, 2.05) is 36.4 Å². The Morgan fingerprint density at radius 3 is 2.54 bits per heavy atom. The predicted octanol–water partition coefficient (Wildman–Crippen LogP) is 5.50. The highest BCUT2D eigenvalue weighted by Crippen LogP contribution is 2.23. The van der Waals surface area contributed by atoms with Gasteiger partial charge in [0.15, 0.2) is 0 Å². The highest BCUT2D eigenvalue weighted by molar-refractivity contribution is 6.63. The Labute approximate surface area is 228 Å². The zero-order valence-corrected chi connectivity index (χ0v) is 22.7. The molecule has 2 heterocycles. The minimum atomic E-state index is -0.534. The number of ether oxygens (including phenoxy) is 1. The summed E-state index contributed by atoms with van der Waals surface area (Å²) in [7, 11) is -0.534. The van der Waals surface area contributed by atoms with Gasteiger partial charge < -0.3 is 19.0 Å². The number of pyridine rings is 1. The minimum Gasteiger partial charge on any atom is -0.462 e. The van der Waals surface area contributed by atoms with E-state index in [0.717, 1.165) is 47.4 Å². The molecule has 0 aliphatic carbocycles. The molecule has 1 fully saturated rings. The van der Waals surface area contributed by atoms with Gasteiger partial charge in [-0.1, -0.05) is 49.2 Å². The van der Waals surface area contributed by atoms with Crippen molar-refractivity contribution in [3.05, 3.63) is 88.2 Å². The number of nitrogens with one attached hydrogen (secondary N) is 1. The second kappa shape index (κ2) is 12.7. The van der Waals surface area contributed by atoms with Crippen molar-refractivity contribution < 1.29 is 18.8 Å². The van der Waals surface area contributed by atoms with Crippen LogP contribution in [0.4, 0.5) is 0 Å². The van der Waals surface area contributed by atoms with Crippen molar-refractivity contribution >= 4 is 40.2 Å². The van der Waals surface area contributed by atoms with E-state index in [9.17, 15) is 9.59 Å². The lowest BCUT2D eigenvalue weighted by Gasteiger charge is -2.29. The Kier molecular flexibility index (Phi) is 9.18. The molecule has 1 aliphatic heterocycles. The van der Waals surface area contributed by atoms with Crippen LogP contribution in [0.25, 0.3) is 21.7 Å². The van der Waals surface area contributed by atoms with Crippen LogP contribution in [0.5, 0.6) is 0 Å². The maximum atomic E-state index is 12.2. The summed E-state index contributed by atoms with van der Waals surface area (Å²) in [6.45, 7) is 6.93. The topological polar surface area (TPSA) is 101 Å². The average Bonchev–Trinajstić information content (AvgIpc) is 3.03. The number of nitrogens with zero attached hydrogens (tertiary/aromatic N) is 1. The molecule has 1 N–H and O–H groups in total. The van der Waals surface area contributed by atoms with E-state index in [-0.39, 0.29) is 17.1 Å². The molecule has 0 atom stereocenters. The zero-order chi connectivity index (χ0) is 27.8. The van der Waals surface area contributed by atoms with Crippen LogP contribution in [0, 0.1) is 11.3 Å². The fourth-order valence-corrected chi connectivity index (χ4v) is 4.70. The molecular formula is C31H33BN2O5. The fraction of sp³-hybridized carbons (Fsp3) is 0.323. The summed E-state index contributed by atoms with van der Waals surface area (Å²) < 4.78 is 17.2. The summed E-state index contributed by atoms with van der Waals surface area (Å²) in [5, 5.41) is 11.3. The average molecular weight is 524 g/mol. The number of hydrogen-bond donors (Lipinski definition) is 1. The Balaban J connectivity index is 0.000000186. The molecule has 200 valence electrons. The van der Waals surface area contributed by atoms with Crippen LogP contribution >= 0.6 is 0 Å². The summed E-state index contributed by atoms with van der Waals surface area (Å²) in [6.07, 6.45) is 4.26. The first-order chi connectivity index (χ1) is 18.8. The zero-order valence-electron chi connectivity index (χ0n) is 22.7. The first kappa shape index (κ1) is 28.1. The van der Waals surface area contributed by atoms with Gasteiger partial charge in [-0.3, -0.25) is 4.79 Å². The van der Waals surface area contributed by atoms with Crippen LogP contribution in [0.15, 0.2) is 71.5 Å². The molecule has 4 aromatic rings. The van der Waals surface area contributed by atoms with Gasteiger partial charge in [0.1, 0.15) is 0 Å². The lowest BCUT2D eigenvalue weighted by Crippen LogP contribution is -2.46. The third-order valence-corrected chi connectivity index (χ3v) is 6.69. The van der Waals surface area contributed by atoms with Crippen molar-refractivity contribution in [2.75, 3.05) is 13.2 Å². The van der Waals surface area contributed by atoms with E-state index in [4.69, 9.17) is 19.3 Å². The van der Waals surface area contributed by atoms with Gasteiger partial charge >= 0.3 is 13.1 Å². The van der Waals surface area contributed by atoms with Gasteiger partial charge in [0, 0.05) is 28.5 Å². The third-order valence-electron chi connectivity index (χ3n) is 6.69. The highest BCUT2D eigenvalue weighted by atomic mass is 16.6. The second-order valence-electron chi connectivity index (χ2n) is 10.1. The van der Waals surface area contributed by atoms with Crippen molar-refractivity contribution in [3.8, 4) is 6.07 Å². The van der Waals surface area contributed by atoms with Crippen LogP contribution in [0.1, 0.15) is 62.4 Å². The smallest absolute Gasteiger partial charge is 0.462 e. The first-order valence-electron chi connectivity index (χ1n) is 13.3. The van der Waals surface area contributed by atoms with Crippen LogP contribution in [-0.2, 0) is 14.0 Å². The summed E-state index contributed by atoms with van der Waals surface area (Å²) in [5.74, 6) is -0.331. The van der Waals surface area contributed by atoms with Crippen molar-refractivity contribution in [2.24, 2.45) is 0 Å². The van der Waals surface area contributed by atoms with Gasteiger partial charge in [-0.05, 0) is 74.8 Å². The van der Waals surface area contributed by atoms with E-state index < -0.39 is 7.12 Å². The number of benzene rings is 3. The number of H-pyrrole nitrogens is 1. The molecule has 39 heavy (non-hydrogen) atoms. The standard InChI is InChI=1S/C17H25BO4.C14H8N2O/c1-4-20-16(19)14-10-6-7-11-15(14)18-21-13-9-5-8-12-17(2,3)22-18;15-8-9-5-6-13-12(7-9)10-3-1-2-4-11(10)14(17)16-13/h6-7,10-11H,4-5,8-9,12-13H2,1-3H3;1-7H,(H,16,17). The van der Waals surface area contributed by atoms with Gasteiger partial charge in [-0.15, -0.1) is 0 Å². The molecule has 1 aromatic heterocycles. The fourth-order valence-electron chi connectivity index (χ4n) is 4.70. The van der Waals surface area contributed by atoms with E-state index in [1.54, 1.807) is 37.3 Å². The monoisotopic (exact) mass is 524 g/mol. The van der Waals surface area contributed by atoms with Gasteiger partial charge in [0.05, 0.1) is 23.8 Å².